The van der Waals surface area contributed by atoms with Gasteiger partial charge in [-0.05, 0) is 5.92 Å². The Morgan fingerprint density at radius 2 is 1.84 bits per heavy atom. The van der Waals surface area contributed by atoms with Crippen LogP contribution < -0.4 is 0 Å². The number of thioether (sulfide) groups is 1. The van der Waals surface area contributed by atoms with Gasteiger partial charge < -0.3 is 9.64 Å². The molecule has 19 heavy (non-hydrogen) atoms. The van der Waals surface area contributed by atoms with Crippen LogP contribution in [-0.4, -0.2) is 72.3 Å². The topological polar surface area (TPSA) is 15.7 Å². The Hall–Kier alpha value is 0.230. The second-order valence-corrected chi connectivity index (χ2v) is 8.84. The summed E-state index contributed by atoms with van der Waals surface area (Å²) < 4.78 is 5.86. The lowest BCUT2D eigenvalue weighted by Crippen LogP contribution is -2.46. The van der Waals surface area contributed by atoms with Gasteiger partial charge in [0.25, 0.3) is 0 Å². The van der Waals surface area contributed by atoms with E-state index < -0.39 is 0 Å². The van der Waals surface area contributed by atoms with Crippen molar-refractivity contribution in [2.75, 3.05) is 51.7 Å². The van der Waals surface area contributed by atoms with E-state index in [0.29, 0.717) is 4.75 Å². The third-order valence-electron chi connectivity index (χ3n) is 4.11. The molecule has 3 nitrogen and oxygen atoms in total. The number of rotatable bonds is 4. The highest BCUT2D eigenvalue weighted by atomic mass is 32.2. The largest absolute Gasteiger partial charge is 0.379 e. The Labute approximate surface area is 123 Å². The van der Waals surface area contributed by atoms with Gasteiger partial charge in [-0.3, -0.25) is 4.90 Å². The predicted octanol–water partition coefficient (Wildman–Crippen LogP) is 2.17. The SMILES string of the molecule is C[C@H]1CN(CCSC(C)(C)C)C[C@H]1N1CCOCC1. The molecule has 0 saturated carbocycles. The highest BCUT2D eigenvalue weighted by molar-refractivity contribution is 8.00. The van der Waals surface area contributed by atoms with E-state index in [0.717, 1.165) is 38.3 Å². The molecule has 0 aromatic rings. The first-order valence-electron chi connectivity index (χ1n) is 7.64. The van der Waals surface area contributed by atoms with Gasteiger partial charge in [0, 0.05) is 49.3 Å². The fourth-order valence-electron chi connectivity index (χ4n) is 3.10. The van der Waals surface area contributed by atoms with Gasteiger partial charge in [-0.2, -0.15) is 11.8 Å². The molecule has 2 aliphatic heterocycles. The monoisotopic (exact) mass is 286 g/mol. The van der Waals surface area contributed by atoms with Crippen LogP contribution in [0, 0.1) is 5.92 Å². The second kappa shape index (κ2) is 6.79. The van der Waals surface area contributed by atoms with Gasteiger partial charge in [-0.25, -0.2) is 0 Å². The summed E-state index contributed by atoms with van der Waals surface area (Å²) in [5, 5.41) is 0. The van der Waals surface area contributed by atoms with Crippen LogP contribution in [0.2, 0.25) is 0 Å². The highest BCUT2D eigenvalue weighted by Gasteiger charge is 2.34. The molecule has 0 unspecified atom stereocenters. The van der Waals surface area contributed by atoms with E-state index >= 15 is 0 Å². The molecule has 0 aromatic heterocycles. The Kier molecular flexibility index (Phi) is 5.58. The average molecular weight is 286 g/mol. The average Bonchev–Trinajstić information content (AvgIpc) is 2.70. The maximum absolute atomic E-state index is 5.47. The summed E-state index contributed by atoms with van der Waals surface area (Å²) in [4.78, 5) is 5.30. The summed E-state index contributed by atoms with van der Waals surface area (Å²) >= 11 is 2.08. The van der Waals surface area contributed by atoms with Crippen LogP contribution in [0.15, 0.2) is 0 Å². The van der Waals surface area contributed by atoms with Crippen molar-refractivity contribution in [3.63, 3.8) is 0 Å². The van der Waals surface area contributed by atoms with Gasteiger partial charge in [0.2, 0.25) is 0 Å². The van der Waals surface area contributed by atoms with Crippen LogP contribution in [0.4, 0.5) is 0 Å². The highest BCUT2D eigenvalue weighted by Crippen LogP contribution is 2.26. The zero-order valence-electron chi connectivity index (χ0n) is 13.0. The van der Waals surface area contributed by atoms with Gasteiger partial charge in [0.1, 0.15) is 0 Å². The Morgan fingerprint density at radius 1 is 1.16 bits per heavy atom. The van der Waals surface area contributed by atoms with E-state index in [2.05, 4.69) is 49.3 Å². The molecule has 2 atom stereocenters. The molecule has 0 amide bonds. The first-order chi connectivity index (χ1) is 8.96. The molecule has 0 bridgehead atoms. The molecular weight excluding hydrogens is 256 g/mol. The molecule has 2 heterocycles. The lowest BCUT2D eigenvalue weighted by molar-refractivity contribution is 0.0119. The van der Waals surface area contributed by atoms with Crippen LogP contribution >= 0.6 is 11.8 Å². The van der Waals surface area contributed by atoms with Gasteiger partial charge in [-0.15, -0.1) is 0 Å². The maximum Gasteiger partial charge on any atom is 0.0594 e. The quantitative estimate of drug-likeness (QED) is 0.787. The van der Waals surface area contributed by atoms with E-state index in [4.69, 9.17) is 4.74 Å². The molecule has 2 aliphatic rings. The molecule has 2 rings (SSSR count). The van der Waals surface area contributed by atoms with Crippen molar-refractivity contribution in [3.05, 3.63) is 0 Å². The van der Waals surface area contributed by atoms with E-state index in [9.17, 15) is 0 Å². The number of hydrogen-bond donors (Lipinski definition) is 0. The summed E-state index contributed by atoms with van der Waals surface area (Å²) in [5.41, 5.74) is 0. The summed E-state index contributed by atoms with van der Waals surface area (Å²) in [7, 11) is 0. The van der Waals surface area contributed by atoms with Gasteiger partial charge in [0.15, 0.2) is 0 Å². The molecule has 2 saturated heterocycles. The Balaban J connectivity index is 1.74. The number of hydrogen-bond acceptors (Lipinski definition) is 4. The zero-order valence-corrected chi connectivity index (χ0v) is 13.8. The fraction of sp³-hybridized carbons (Fsp3) is 1.00. The van der Waals surface area contributed by atoms with Crippen molar-refractivity contribution in [3.8, 4) is 0 Å². The van der Waals surface area contributed by atoms with Crippen molar-refractivity contribution in [2.24, 2.45) is 5.92 Å². The molecule has 0 aromatic carbocycles. The number of nitrogens with zero attached hydrogens (tertiary/aromatic N) is 2. The number of morpholine rings is 1. The lowest BCUT2D eigenvalue weighted by Gasteiger charge is -2.34. The van der Waals surface area contributed by atoms with E-state index in [-0.39, 0.29) is 0 Å². The first kappa shape index (κ1) is 15.6. The second-order valence-electron chi connectivity index (χ2n) is 6.91. The van der Waals surface area contributed by atoms with Crippen molar-refractivity contribution in [1.82, 2.24) is 9.80 Å². The molecule has 0 N–H and O–H groups in total. The van der Waals surface area contributed by atoms with Crippen LogP contribution in [0.1, 0.15) is 27.7 Å². The van der Waals surface area contributed by atoms with E-state index in [1.54, 1.807) is 0 Å². The minimum absolute atomic E-state index is 0.398. The molecule has 4 heteroatoms. The van der Waals surface area contributed by atoms with Gasteiger partial charge in [0.05, 0.1) is 13.2 Å². The first-order valence-corrected chi connectivity index (χ1v) is 8.62. The zero-order chi connectivity index (χ0) is 13.9. The van der Waals surface area contributed by atoms with Crippen LogP contribution in [0.3, 0.4) is 0 Å². The van der Waals surface area contributed by atoms with E-state index in [1.807, 2.05) is 0 Å². The van der Waals surface area contributed by atoms with Crippen molar-refractivity contribution in [2.45, 2.75) is 38.5 Å². The standard InChI is InChI=1S/C15H30N2OS/c1-13-11-16(7-10-19-15(2,3)4)12-14(13)17-5-8-18-9-6-17/h13-14H,5-12H2,1-4H3/t13-,14+/m0/s1. The summed E-state index contributed by atoms with van der Waals surface area (Å²) in [6.45, 7) is 17.2. The van der Waals surface area contributed by atoms with Crippen LogP contribution in [0.25, 0.3) is 0 Å². The maximum atomic E-state index is 5.47. The van der Waals surface area contributed by atoms with Crippen LogP contribution in [0.5, 0.6) is 0 Å². The van der Waals surface area contributed by atoms with Crippen molar-refractivity contribution < 1.29 is 4.74 Å². The van der Waals surface area contributed by atoms with Crippen LogP contribution in [-0.2, 0) is 4.74 Å². The molecule has 0 aliphatic carbocycles. The molecule has 0 radical (unpaired) electrons. The smallest absolute Gasteiger partial charge is 0.0594 e. The summed E-state index contributed by atoms with van der Waals surface area (Å²) in [6, 6.07) is 0.753. The fourth-order valence-corrected chi connectivity index (χ4v) is 4.06. The Morgan fingerprint density at radius 3 is 2.47 bits per heavy atom. The van der Waals surface area contributed by atoms with E-state index in [1.165, 1.54) is 25.4 Å². The van der Waals surface area contributed by atoms with Crippen molar-refractivity contribution >= 4 is 11.8 Å². The molecule has 0 spiro atoms. The van der Waals surface area contributed by atoms with Crippen molar-refractivity contribution in [1.29, 1.82) is 0 Å². The third-order valence-corrected chi connectivity index (χ3v) is 5.36. The number of likely N-dealkylation sites (tertiary alicyclic amines) is 1. The summed E-state index contributed by atoms with van der Waals surface area (Å²) in [6.07, 6.45) is 0. The third kappa shape index (κ3) is 4.92. The Bertz CT molecular complexity index is 274. The normalized spacial score (nSPS) is 30.9. The molecule has 2 fully saturated rings. The molecular formula is C15H30N2OS. The lowest BCUT2D eigenvalue weighted by atomic mass is 10.0. The number of ether oxygens (including phenoxy) is 1. The van der Waals surface area contributed by atoms with Gasteiger partial charge in [-0.1, -0.05) is 27.7 Å². The van der Waals surface area contributed by atoms with Gasteiger partial charge >= 0.3 is 0 Å². The predicted molar refractivity (Wildman–Crippen MR) is 84.0 cm³/mol. The minimum atomic E-state index is 0.398. The summed E-state index contributed by atoms with van der Waals surface area (Å²) in [5.74, 6) is 2.06. The molecule has 112 valence electrons. The minimum Gasteiger partial charge on any atom is -0.379 e.